The molecule has 4 aromatic rings. The molecule has 2 heterocycles. The number of nitrogen functional groups attached to an aromatic ring is 1. The molecule has 5 N–H and O–H groups in total. The second-order valence-electron chi connectivity index (χ2n) is 5.93. The molecule has 0 saturated heterocycles. The fourth-order valence-electron chi connectivity index (χ4n) is 2.71. The third-order valence-electron chi connectivity index (χ3n) is 4.03. The van der Waals surface area contributed by atoms with Gasteiger partial charge in [0.05, 0.1) is 11.7 Å². The van der Waals surface area contributed by atoms with Crippen molar-refractivity contribution in [2.24, 2.45) is 0 Å². The molecule has 26 heavy (non-hydrogen) atoms. The van der Waals surface area contributed by atoms with Crippen LogP contribution in [0.3, 0.4) is 0 Å². The van der Waals surface area contributed by atoms with Crippen molar-refractivity contribution < 1.29 is 0 Å². The van der Waals surface area contributed by atoms with Gasteiger partial charge < -0.3 is 16.4 Å². The van der Waals surface area contributed by atoms with Gasteiger partial charge in [0.15, 0.2) is 0 Å². The number of nitrogens with one attached hydrogen (secondary N) is 3. The van der Waals surface area contributed by atoms with Crippen molar-refractivity contribution in [3.63, 3.8) is 0 Å². The predicted molar refractivity (Wildman–Crippen MR) is 104 cm³/mol. The Morgan fingerprint density at radius 1 is 0.962 bits per heavy atom. The highest BCUT2D eigenvalue weighted by Gasteiger charge is 2.08. The van der Waals surface area contributed by atoms with Gasteiger partial charge in [-0.25, -0.2) is 4.98 Å². The van der Waals surface area contributed by atoms with Gasteiger partial charge in [0.1, 0.15) is 11.6 Å². The monoisotopic (exact) mass is 345 g/mol. The lowest BCUT2D eigenvalue weighted by molar-refractivity contribution is 0.991. The van der Waals surface area contributed by atoms with E-state index in [2.05, 4.69) is 30.8 Å². The van der Waals surface area contributed by atoms with Gasteiger partial charge in [-0.1, -0.05) is 24.3 Å². The number of benzene rings is 2. The van der Waals surface area contributed by atoms with Crippen LogP contribution in [0.4, 0.5) is 23.3 Å². The number of aromatic amines is 1. The molecule has 0 fully saturated rings. The van der Waals surface area contributed by atoms with E-state index in [0.29, 0.717) is 5.95 Å². The number of nitrogens with zero attached hydrogens (tertiary/aromatic N) is 3. The highest BCUT2D eigenvalue weighted by atomic mass is 15.2. The third kappa shape index (κ3) is 3.56. The Hall–Kier alpha value is -3.61. The van der Waals surface area contributed by atoms with Gasteiger partial charge in [0.2, 0.25) is 5.95 Å². The Balaban J connectivity index is 1.53. The van der Waals surface area contributed by atoms with E-state index in [0.717, 1.165) is 41.2 Å². The molecule has 0 aliphatic heterocycles. The molecule has 0 saturated carbocycles. The van der Waals surface area contributed by atoms with Gasteiger partial charge in [-0.05, 0) is 36.2 Å². The molecule has 2 aromatic heterocycles. The zero-order valence-corrected chi connectivity index (χ0v) is 14.1. The fourth-order valence-corrected chi connectivity index (χ4v) is 2.71. The number of hydrogen-bond acceptors (Lipinski definition) is 6. The number of fused-ring (bicyclic) bond motifs is 1. The van der Waals surface area contributed by atoms with Gasteiger partial charge in [-0.3, -0.25) is 5.10 Å². The Morgan fingerprint density at radius 2 is 1.81 bits per heavy atom. The van der Waals surface area contributed by atoms with Gasteiger partial charge in [-0.15, -0.1) is 0 Å². The molecule has 0 amide bonds. The lowest BCUT2D eigenvalue weighted by atomic mass is 10.1. The van der Waals surface area contributed by atoms with Crippen molar-refractivity contribution >= 4 is 34.2 Å². The lowest BCUT2D eigenvalue weighted by Crippen LogP contribution is -2.09. The lowest BCUT2D eigenvalue weighted by Gasteiger charge is -2.11. The number of H-pyrrole nitrogens is 1. The predicted octanol–water partition coefficient (Wildman–Crippen LogP) is 3.33. The Kier molecular flexibility index (Phi) is 4.34. The SMILES string of the molecule is Nc1ccc(CCNc2nc(Nc3ccn[nH]3)c3ccccc3n2)cc1. The zero-order valence-electron chi connectivity index (χ0n) is 14.1. The van der Waals surface area contributed by atoms with Crippen LogP contribution in [0.2, 0.25) is 0 Å². The number of aromatic nitrogens is 4. The maximum atomic E-state index is 5.72. The average Bonchev–Trinajstić information content (AvgIpc) is 3.16. The first-order valence-electron chi connectivity index (χ1n) is 8.39. The van der Waals surface area contributed by atoms with E-state index in [1.54, 1.807) is 6.20 Å². The van der Waals surface area contributed by atoms with Crippen LogP contribution in [-0.2, 0) is 6.42 Å². The minimum absolute atomic E-state index is 0.584. The standard InChI is InChI=1S/C19H19N7/c20-14-7-5-13(6-8-14)9-11-21-19-23-16-4-2-1-3-15(16)18(25-19)24-17-10-12-22-26-17/h1-8,10,12H,9,11,20H2,(H3,21,22,23,24,25,26). The van der Waals surface area contributed by atoms with E-state index in [9.17, 15) is 0 Å². The molecule has 0 radical (unpaired) electrons. The Labute approximate surface area is 150 Å². The maximum Gasteiger partial charge on any atom is 0.225 e. The van der Waals surface area contributed by atoms with E-state index in [1.165, 1.54) is 5.56 Å². The van der Waals surface area contributed by atoms with Crippen LogP contribution in [0.5, 0.6) is 0 Å². The first kappa shape index (κ1) is 15.9. The van der Waals surface area contributed by atoms with E-state index in [4.69, 9.17) is 5.73 Å². The van der Waals surface area contributed by atoms with Crippen LogP contribution in [0.25, 0.3) is 10.9 Å². The summed E-state index contributed by atoms with van der Waals surface area (Å²) in [6.07, 6.45) is 2.55. The quantitative estimate of drug-likeness (QED) is 0.400. The van der Waals surface area contributed by atoms with Gasteiger partial charge in [0, 0.05) is 23.7 Å². The summed E-state index contributed by atoms with van der Waals surface area (Å²) >= 11 is 0. The van der Waals surface area contributed by atoms with Crippen LogP contribution < -0.4 is 16.4 Å². The normalized spacial score (nSPS) is 10.8. The Morgan fingerprint density at radius 3 is 2.62 bits per heavy atom. The first-order chi connectivity index (χ1) is 12.8. The number of anilines is 4. The molecule has 0 atom stereocenters. The summed E-state index contributed by atoms with van der Waals surface area (Å²) in [5, 5.41) is 14.4. The molecule has 2 aromatic carbocycles. The molecule has 0 aliphatic rings. The number of hydrogen-bond donors (Lipinski definition) is 4. The molecular weight excluding hydrogens is 326 g/mol. The van der Waals surface area contributed by atoms with E-state index in [1.807, 2.05) is 54.6 Å². The highest BCUT2D eigenvalue weighted by Crippen LogP contribution is 2.24. The van der Waals surface area contributed by atoms with Crippen LogP contribution in [0.1, 0.15) is 5.56 Å². The van der Waals surface area contributed by atoms with E-state index >= 15 is 0 Å². The molecule has 7 nitrogen and oxygen atoms in total. The van der Waals surface area contributed by atoms with Crippen molar-refractivity contribution in [2.45, 2.75) is 6.42 Å². The minimum atomic E-state index is 0.584. The summed E-state index contributed by atoms with van der Waals surface area (Å²) in [6, 6.07) is 17.6. The van der Waals surface area contributed by atoms with Gasteiger partial charge >= 0.3 is 0 Å². The number of rotatable bonds is 6. The van der Waals surface area contributed by atoms with Crippen molar-refractivity contribution in [2.75, 3.05) is 22.9 Å². The average molecular weight is 345 g/mol. The van der Waals surface area contributed by atoms with Crippen molar-refractivity contribution in [1.29, 1.82) is 0 Å². The first-order valence-corrected chi connectivity index (χ1v) is 8.39. The topological polar surface area (TPSA) is 105 Å². The van der Waals surface area contributed by atoms with Crippen molar-refractivity contribution in [3.8, 4) is 0 Å². The molecule has 0 bridgehead atoms. The third-order valence-corrected chi connectivity index (χ3v) is 4.03. The van der Waals surface area contributed by atoms with E-state index < -0.39 is 0 Å². The van der Waals surface area contributed by atoms with Crippen LogP contribution >= 0.6 is 0 Å². The minimum Gasteiger partial charge on any atom is -0.399 e. The fraction of sp³-hybridized carbons (Fsp3) is 0.105. The van der Waals surface area contributed by atoms with E-state index in [-0.39, 0.29) is 0 Å². The molecule has 130 valence electrons. The summed E-state index contributed by atoms with van der Waals surface area (Å²) in [6.45, 7) is 0.728. The van der Waals surface area contributed by atoms with Crippen molar-refractivity contribution in [3.05, 3.63) is 66.4 Å². The smallest absolute Gasteiger partial charge is 0.225 e. The van der Waals surface area contributed by atoms with Gasteiger partial charge in [-0.2, -0.15) is 10.1 Å². The maximum absolute atomic E-state index is 5.72. The molecular formula is C19H19N7. The molecule has 0 spiro atoms. The number of nitrogens with two attached hydrogens (primary N) is 1. The summed E-state index contributed by atoms with van der Waals surface area (Å²) in [5.74, 6) is 2.10. The molecule has 7 heteroatoms. The van der Waals surface area contributed by atoms with Gasteiger partial charge in [0.25, 0.3) is 0 Å². The zero-order chi connectivity index (χ0) is 17.8. The highest BCUT2D eigenvalue weighted by molar-refractivity contribution is 5.91. The number of para-hydroxylation sites is 1. The Bertz CT molecular complexity index is 994. The van der Waals surface area contributed by atoms with Crippen molar-refractivity contribution in [1.82, 2.24) is 20.2 Å². The second kappa shape index (κ2) is 7.10. The van der Waals surface area contributed by atoms with Crippen LogP contribution in [0.15, 0.2) is 60.8 Å². The summed E-state index contributed by atoms with van der Waals surface area (Å²) in [7, 11) is 0. The second-order valence-corrected chi connectivity index (χ2v) is 5.93. The summed E-state index contributed by atoms with van der Waals surface area (Å²) in [4.78, 5) is 9.22. The van der Waals surface area contributed by atoms with Crippen LogP contribution in [-0.4, -0.2) is 26.7 Å². The summed E-state index contributed by atoms with van der Waals surface area (Å²) < 4.78 is 0. The summed E-state index contributed by atoms with van der Waals surface area (Å²) in [5.41, 5.74) is 8.58. The molecule has 4 rings (SSSR count). The molecule has 0 aliphatic carbocycles. The largest absolute Gasteiger partial charge is 0.399 e. The molecule has 0 unspecified atom stereocenters. The van der Waals surface area contributed by atoms with Crippen LogP contribution in [0, 0.1) is 0 Å².